The zero-order valence-corrected chi connectivity index (χ0v) is 9.42. The fourth-order valence-electron chi connectivity index (χ4n) is 1.69. The highest BCUT2D eigenvalue weighted by Crippen LogP contribution is 2.24. The summed E-state index contributed by atoms with van der Waals surface area (Å²) in [5.74, 6) is 0.625. The van der Waals surface area contributed by atoms with Crippen LogP contribution in [0.1, 0.15) is 18.4 Å². The molecule has 0 radical (unpaired) electrons. The van der Waals surface area contributed by atoms with Gasteiger partial charge in [-0.25, -0.2) is 0 Å². The highest BCUT2D eigenvalue weighted by molar-refractivity contribution is 7.15. The van der Waals surface area contributed by atoms with E-state index in [1.807, 2.05) is 6.92 Å². The van der Waals surface area contributed by atoms with E-state index in [0.717, 1.165) is 29.6 Å². The molecule has 2 heterocycles. The molecule has 1 aromatic heterocycles. The van der Waals surface area contributed by atoms with Crippen molar-refractivity contribution in [3.8, 4) is 0 Å². The first-order chi connectivity index (χ1) is 6.66. The SMILES string of the molecule is Cc1nnc(N2CCC(C)C(N)C2)s1. The first-order valence-electron chi connectivity index (χ1n) is 4.97. The first-order valence-corrected chi connectivity index (χ1v) is 5.79. The number of nitrogens with zero attached hydrogens (tertiary/aromatic N) is 3. The lowest BCUT2D eigenvalue weighted by atomic mass is 9.95. The van der Waals surface area contributed by atoms with Gasteiger partial charge in [0.25, 0.3) is 0 Å². The Kier molecular flexibility index (Phi) is 2.69. The smallest absolute Gasteiger partial charge is 0.208 e. The zero-order valence-electron chi connectivity index (χ0n) is 8.60. The number of rotatable bonds is 1. The first kappa shape index (κ1) is 9.86. The largest absolute Gasteiger partial charge is 0.345 e. The van der Waals surface area contributed by atoms with Crippen molar-refractivity contribution in [3.05, 3.63) is 5.01 Å². The van der Waals surface area contributed by atoms with Crippen molar-refractivity contribution in [2.24, 2.45) is 11.7 Å². The molecule has 2 atom stereocenters. The van der Waals surface area contributed by atoms with E-state index in [4.69, 9.17) is 5.73 Å². The third-order valence-electron chi connectivity index (χ3n) is 2.80. The van der Waals surface area contributed by atoms with Crippen molar-refractivity contribution in [3.63, 3.8) is 0 Å². The van der Waals surface area contributed by atoms with Gasteiger partial charge in [0.1, 0.15) is 5.01 Å². The summed E-state index contributed by atoms with van der Waals surface area (Å²) in [5.41, 5.74) is 6.03. The van der Waals surface area contributed by atoms with Crippen LogP contribution in [0.5, 0.6) is 0 Å². The van der Waals surface area contributed by atoms with Crippen molar-refractivity contribution < 1.29 is 0 Å². The Bertz CT molecular complexity index is 312. The second-order valence-electron chi connectivity index (χ2n) is 3.98. The Labute approximate surface area is 88.1 Å². The Morgan fingerprint density at radius 3 is 2.86 bits per heavy atom. The molecule has 2 N–H and O–H groups in total. The fraction of sp³-hybridized carbons (Fsp3) is 0.778. The molecule has 78 valence electrons. The summed E-state index contributed by atoms with van der Waals surface area (Å²) >= 11 is 1.65. The predicted octanol–water partition coefficient (Wildman–Crippen LogP) is 1.02. The second kappa shape index (κ2) is 3.82. The van der Waals surface area contributed by atoms with Gasteiger partial charge in [-0.1, -0.05) is 18.3 Å². The maximum atomic E-state index is 6.03. The molecule has 14 heavy (non-hydrogen) atoms. The summed E-state index contributed by atoms with van der Waals surface area (Å²) in [6.07, 6.45) is 1.15. The lowest BCUT2D eigenvalue weighted by Crippen LogP contribution is -2.47. The number of hydrogen-bond acceptors (Lipinski definition) is 5. The molecule has 0 saturated carbocycles. The molecule has 2 rings (SSSR count). The van der Waals surface area contributed by atoms with Crippen molar-refractivity contribution in [2.45, 2.75) is 26.3 Å². The summed E-state index contributed by atoms with van der Waals surface area (Å²) in [6.45, 7) is 6.17. The van der Waals surface area contributed by atoms with Crippen LogP contribution in [-0.2, 0) is 0 Å². The van der Waals surface area contributed by atoms with Crippen molar-refractivity contribution >= 4 is 16.5 Å². The van der Waals surface area contributed by atoms with Crippen molar-refractivity contribution in [1.29, 1.82) is 0 Å². The monoisotopic (exact) mass is 212 g/mol. The van der Waals surface area contributed by atoms with Crippen molar-refractivity contribution in [2.75, 3.05) is 18.0 Å². The van der Waals surface area contributed by atoms with E-state index >= 15 is 0 Å². The summed E-state index contributed by atoms with van der Waals surface area (Å²) < 4.78 is 0. The Morgan fingerprint density at radius 2 is 2.29 bits per heavy atom. The third kappa shape index (κ3) is 1.88. The van der Waals surface area contributed by atoms with Gasteiger partial charge in [-0.3, -0.25) is 0 Å². The van der Waals surface area contributed by atoms with Gasteiger partial charge in [-0.15, -0.1) is 10.2 Å². The number of piperidine rings is 1. The molecule has 1 saturated heterocycles. The van der Waals surface area contributed by atoms with Crippen LogP contribution < -0.4 is 10.6 Å². The Balaban J connectivity index is 2.06. The van der Waals surface area contributed by atoms with Gasteiger partial charge in [-0.2, -0.15) is 0 Å². The molecule has 0 amide bonds. The molecule has 4 nitrogen and oxygen atoms in total. The van der Waals surface area contributed by atoms with Gasteiger partial charge in [0.05, 0.1) is 0 Å². The maximum absolute atomic E-state index is 6.03. The van der Waals surface area contributed by atoms with E-state index in [0.29, 0.717) is 5.92 Å². The van der Waals surface area contributed by atoms with E-state index < -0.39 is 0 Å². The standard InChI is InChI=1S/C9H16N4S/c1-6-3-4-13(5-8(6)10)9-12-11-7(2)14-9/h6,8H,3-5,10H2,1-2H3. The normalized spacial score (nSPS) is 28.1. The minimum atomic E-state index is 0.271. The van der Waals surface area contributed by atoms with E-state index in [2.05, 4.69) is 22.0 Å². The number of aromatic nitrogens is 2. The summed E-state index contributed by atoms with van der Waals surface area (Å²) in [7, 11) is 0. The topological polar surface area (TPSA) is 55.0 Å². The average Bonchev–Trinajstić information content (AvgIpc) is 2.57. The molecule has 5 heteroatoms. The number of nitrogens with two attached hydrogens (primary N) is 1. The van der Waals surface area contributed by atoms with Crippen LogP contribution in [-0.4, -0.2) is 29.3 Å². The molecule has 1 aliphatic heterocycles. The summed E-state index contributed by atoms with van der Waals surface area (Å²) in [6, 6.07) is 0.271. The molecule has 0 aromatic carbocycles. The lowest BCUT2D eigenvalue weighted by Gasteiger charge is -2.34. The van der Waals surface area contributed by atoms with Gasteiger partial charge in [0.2, 0.25) is 5.13 Å². The van der Waals surface area contributed by atoms with Crippen molar-refractivity contribution in [1.82, 2.24) is 10.2 Å². The van der Waals surface area contributed by atoms with Crippen LogP contribution in [0.4, 0.5) is 5.13 Å². The van der Waals surface area contributed by atoms with E-state index in [1.54, 1.807) is 11.3 Å². The minimum Gasteiger partial charge on any atom is -0.345 e. The molecule has 1 aliphatic rings. The number of hydrogen-bond donors (Lipinski definition) is 1. The van der Waals surface area contributed by atoms with Crippen LogP contribution in [0.25, 0.3) is 0 Å². The summed E-state index contributed by atoms with van der Waals surface area (Å²) in [4.78, 5) is 2.25. The highest BCUT2D eigenvalue weighted by atomic mass is 32.1. The zero-order chi connectivity index (χ0) is 10.1. The van der Waals surface area contributed by atoms with Gasteiger partial charge >= 0.3 is 0 Å². The Hall–Kier alpha value is -0.680. The molecular weight excluding hydrogens is 196 g/mol. The second-order valence-corrected chi connectivity index (χ2v) is 5.14. The average molecular weight is 212 g/mol. The molecule has 2 unspecified atom stereocenters. The Morgan fingerprint density at radius 1 is 1.50 bits per heavy atom. The van der Waals surface area contributed by atoms with E-state index in [9.17, 15) is 0 Å². The van der Waals surface area contributed by atoms with Gasteiger partial charge < -0.3 is 10.6 Å². The fourth-order valence-corrected chi connectivity index (χ4v) is 2.41. The van der Waals surface area contributed by atoms with Gasteiger partial charge in [-0.05, 0) is 19.3 Å². The number of anilines is 1. The molecular formula is C9H16N4S. The predicted molar refractivity (Wildman–Crippen MR) is 58.6 cm³/mol. The van der Waals surface area contributed by atoms with Crippen LogP contribution in [0.2, 0.25) is 0 Å². The van der Waals surface area contributed by atoms with Crippen LogP contribution in [0.3, 0.4) is 0 Å². The molecule has 0 aliphatic carbocycles. The van der Waals surface area contributed by atoms with E-state index in [1.165, 1.54) is 0 Å². The maximum Gasteiger partial charge on any atom is 0.208 e. The van der Waals surface area contributed by atoms with E-state index in [-0.39, 0.29) is 6.04 Å². The van der Waals surface area contributed by atoms with Gasteiger partial charge in [0, 0.05) is 19.1 Å². The molecule has 1 aromatic rings. The molecule has 0 bridgehead atoms. The molecule has 1 fully saturated rings. The minimum absolute atomic E-state index is 0.271. The van der Waals surface area contributed by atoms with Crippen LogP contribution in [0.15, 0.2) is 0 Å². The summed E-state index contributed by atoms with van der Waals surface area (Å²) in [5, 5.41) is 10.2. The molecule has 0 spiro atoms. The number of aryl methyl sites for hydroxylation is 1. The quantitative estimate of drug-likeness (QED) is 0.755. The van der Waals surface area contributed by atoms with Crippen LogP contribution in [0, 0.1) is 12.8 Å². The highest BCUT2D eigenvalue weighted by Gasteiger charge is 2.24. The lowest BCUT2D eigenvalue weighted by molar-refractivity contribution is 0.379. The van der Waals surface area contributed by atoms with Gasteiger partial charge in [0.15, 0.2) is 0 Å². The van der Waals surface area contributed by atoms with Crippen LogP contribution >= 0.6 is 11.3 Å². The third-order valence-corrected chi connectivity index (χ3v) is 3.70.